The first-order valence-electron chi connectivity index (χ1n) is 4.22. The zero-order chi connectivity index (χ0) is 10.4. The maximum Gasteiger partial charge on any atom is 0.239 e. The summed E-state index contributed by atoms with van der Waals surface area (Å²) in [6.45, 7) is 2.66. The zero-order valence-electron chi connectivity index (χ0n) is 7.75. The Hall–Kier alpha value is -1.36. The van der Waals surface area contributed by atoms with Gasteiger partial charge in [-0.2, -0.15) is 0 Å². The average Bonchev–Trinajstić information content (AvgIpc) is 2.17. The number of carbonyl (C=O) groups is 1. The Morgan fingerprint density at radius 2 is 2.29 bits per heavy atom. The molecular weight excluding hydrogens is 204 g/mol. The van der Waals surface area contributed by atoms with Crippen molar-refractivity contribution in [3.63, 3.8) is 0 Å². The SMILES string of the molecule is CCNC(=O)CNc1ccc(Cl)nn1. The van der Waals surface area contributed by atoms with Crippen molar-refractivity contribution < 1.29 is 4.79 Å². The maximum atomic E-state index is 11.0. The Balaban J connectivity index is 2.38. The van der Waals surface area contributed by atoms with E-state index in [9.17, 15) is 4.79 Å². The summed E-state index contributed by atoms with van der Waals surface area (Å²) in [4.78, 5) is 11.0. The highest BCUT2D eigenvalue weighted by molar-refractivity contribution is 6.29. The van der Waals surface area contributed by atoms with Gasteiger partial charge in [-0.15, -0.1) is 10.2 Å². The topological polar surface area (TPSA) is 66.9 Å². The highest BCUT2D eigenvalue weighted by Gasteiger charge is 1.99. The van der Waals surface area contributed by atoms with Crippen LogP contribution in [0.4, 0.5) is 5.82 Å². The van der Waals surface area contributed by atoms with Gasteiger partial charge < -0.3 is 10.6 Å². The molecule has 0 bridgehead atoms. The van der Waals surface area contributed by atoms with Crippen LogP contribution in [0.5, 0.6) is 0 Å². The molecule has 0 aliphatic rings. The first kappa shape index (κ1) is 10.7. The summed E-state index contributed by atoms with van der Waals surface area (Å²) >= 11 is 5.54. The van der Waals surface area contributed by atoms with Crippen molar-refractivity contribution in [3.8, 4) is 0 Å². The van der Waals surface area contributed by atoms with Crippen molar-refractivity contribution in [2.24, 2.45) is 0 Å². The minimum absolute atomic E-state index is 0.0794. The number of aromatic nitrogens is 2. The molecule has 5 nitrogen and oxygen atoms in total. The summed E-state index contributed by atoms with van der Waals surface area (Å²) in [6.07, 6.45) is 0. The molecule has 0 radical (unpaired) electrons. The molecule has 0 aromatic carbocycles. The highest BCUT2D eigenvalue weighted by atomic mass is 35.5. The number of likely N-dealkylation sites (N-methyl/N-ethyl adjacent to an activating group) is 1. The smallest absolute Gasteiger partial charge is 0.239 e. The summed E-state index contributed by atoms with van der Waals surface area (Å²) in [5.74, 6) is 0.449. The lowest BCUT2D eigenvalue weighted by molar-refractivity contribution is -0.119. The number of hydrogen-bond acceptors (Lipinski definition) is 4. The molecule has 0 unspecified atom stereocenters. The van der Waals surface area contributed by atoms with Gasteiger partial charge in [-0.3, -0.25) is 4.79 Å². The molecule has 0 fully saturated rings. The molecule has 0 aliphatic heterocycles. The Labute approximate surface area is 86.9 Å². The Kier molecular flexibility index (Phi) is 4.12. The van der Waals surface area contributed by atoms with Crippen molar-refractivity contribution >= 4 is 23.3 Å². The largest absolute Gasteiger partial charge is 0.360 e. The van der Waals surface area contributed by atoms with E-state index in [-0.39, 0.29) is 12.5 Å². The molecule has 1 amide bonds. The van der Waals surface area contributed by atoms with Gasteiger partial charge in [0.25, 0.3) is 0 Å². The van der Waals surface area contributed by atoms with Crippen LogP contribution >= 0.6 is 11.6 Å². The van der Waals surface area contributed by atoms with Crippen molar-refractivity contribution in [1.29, 1.82) is 0 Å². The zero-order valence-corrected chi connectivity index (χ0v) is 8.51. The molecule has 1 rings (SSSR count). The van der Waals surface area contributed by atoms with Crippen molar-refractivity contribution in [2.75, 3.05) is 18.4 Å². The van der Waals surface area contributed by atoms with E-state index in [0.717, 1.165) is 0 Å². The third-order valence-corrected chi connectivity index (χ3v) is 1.64. The first-order valence-corrected chi connectivity index (χ1v) is 4.60. The van der Waals surface area contributed by atoms with Gasteiger partial charge in [0, 0.05) is 6.54 Å². The van der Waals surface area contributed by atoms with Crippen LogP contribution in [0.3, 0.4) is 0 Å². The second-order valence-corrected chi connectivity index (χ2v) is 2.94. The number of rotatable bonds is 4. The molecular formula is C8H11ClN4O. The van der Waals surface area contributed by atoms with E-state index in [1.165, 1.54) is 0 Å². The van der Waals surface area contributed by atoms with Crippen LogP contribution in [-0.2, 0) is 4.79 Å². The van der Waals surface area contributed by atoms with E-state index >= 15 is 0 Å². The van der Waals surface area contributed by atoms with E-state index < -0.39 is 0 Å². The fraction of sp³-hybridized carbons (Fsp3) is 0.375. The number of carbonyl (C=O) groups excluding carboxylic acids is 1. The van der Waals surface area contributed by atoms with Crippen LogP contribution in [0.15, 0.2) is 12.1 Å². The maximum absolute atomic E-state index is 11.0. The van der Waals surface area contributed by atoms with E-state index in [2.05, 4.69) is 20.8 Å². The fourth-order valence-electron chi connectivity index (χ4n) is 0.841. The lowest BCUT2D eigenvalue weighted by atomic mass is 10.5. The van der Waals surface area contributed by atoms with Gasteiger partial charge in [-0.05, 0) is 19.1 Å². The quantitative estimate of drug-likeness (QED) is 0.774. The van der Waals surface area contributed by atoms with Crippen molar-refractivity contribution in [1.82, 2.24) is 15.5 Å². The van der Waals surface area contributed by atoms with Gasteiger partial charge in [0.1, 0.15) is 5.82 Å². The molecule has 0 spiro atoms. The number of hydrogen-bond donors (Lipinski definition) is 2. The van der Waals surface area contributed by atoms with E-state index in [4.69, 9.17) is 11.6 Å². The van der Waals surface area contributed by atoms with Crippen LogP contribution in [0, 0.1) is 0 Å². The van der Waals surface area contributed by atoms with Crippen LogP contribution in [-0.4, -0.2) is 29.2 Å². The molecule has 76 valence electrons. The Bertz CT molecular complexity index is 301. The van der Waals surface area contributed by atoms with Gasteiger partial charge >= 0.3 is 0 Å². The average molecular weight is 215 g/mol. The number of amides is 1. The molecule has 6 heteroatoms. The summed E-state index contributed by atoms with van der Waals surface area (Å²) in [5, 5.41) is 13.2. The second kappa shape index (κ2) is 5.39. The monoisotopic (exact) mass is 214 g/mol. The summed E-state index contributed by atoms with van der Waals surface area (Å²) in [6, 6.07) is 3.27. The second-order valence-electron chi connectivity index (χ2n) is 2.55. The molecule has 0 aliphatic carbocycles. The van der Waals surface area contributed by atoms with Gasteiger partial charge in [-0.1, -0.05) is 11.6 Å². The Morgan fingerprint density at radius 1 is 1.50 bits per heavy atom. The van der Waals surface area contributed by atoms with Crippen molar-refractivity contribution in [3.05, 3.63) is 17.3 Å². The highest BCUT2D eigenvalue weighted by Crippen LogP contribution is 2.05. The molecule has 0 saturated carbocycles. The molecule has 2 N–H and O–H groups in total. The van der Waals surface area contributed by atoms with Gasteiger partial charge in [0.05, 0.1) is 6.54 Å². The van der Waals surface area contributed by atoms with Gasteiger partial charge in [-0.25, -0.2) is 0 Å². The summed E-state index contributed by atoms with van der Waals surface area (Å²) in [7, 11) is 0. The normalized spacial score (nSPS) is 9.57. The number of anilines is 1. The predicted octanol–water partition coefficient (Wildman–Crippen LogP) is 0.678. The summed E-state index contributed by atoms with van der Waals surface area (Å²) in [5.41, 5.74) is 0. The number of halogens is 1. The van der Waals surface area contributed by atoms with Crippen LogP contribution in [0.2, 0.25) is 5.15 Å². The first-order chi connectivity index (χ1) is 6.72. The van der Waals surface area contributed by atoms with E-state index in [0.29, 0.717) is 17.5 Å². The van der Waals surface area contributed by atoms with E-state index in [1.54, 1.807) is 12.1 Å². The molecule has 0 saturated heterocycles. The van der Waals surface area contributed by atoms with Crippen LogP contribution in [0.25, 0.3) is 0 Å². The third kappa shape index (κ3) is 3.57. The standard InChI is InChI=1S/C8H11ClN4O/c1-2-10-8(14)5-11-7-4-3-6(9)12-13-7/h3-4H,2,5H2,1H3,(H,10,14)(H,11,13). The molecule has 14 heavy (non-hydrogen) atoms. The molecule has 1 aromatic rings. The molecule has 0 atom stereocenters. The number of nitrogens with one attached hydrogen (secondary N) is 2. The predicted molar refractivity (Wildman–Crippen MR) is 54.2 cm³/mol. The lowest BCUT2D eigenvalue weighted by Gasteiger charge is -2.04. The lowest BCUT2D eigenvalue weighted by Crippen LogP contribution is -2.29. The molecule has 1 heterocycles. The van der Waals surface area contributed by atoms with Gasteiger partial charge in [0.2, 0.25) is 5.91 Å². The van der Waals surface area contributed by atoms with Crippen LogP contribution < -0.4 is 10.6 Å². The summed E-state index contributed by atoms with van der Waals surface area (Å²) < 4.78 is 0. The van der Waals surface area contributed by atoms with Gasteiger partial charge in [0.15, 0.2) is 5.15 Å². The Morgan fingerprint density at radius 3 is 2.86 bits per heavy atom. The fourth-order valence-corrected chi connectivity index (χ4v) is 0.942. The number of nitrogens with zero attached hydrogens (tertiary/aromatic N) is 2. The third-order valence-electron chi connectivity index (χ3n) is 1.44. The minimum Gasteiger partial charge on any atom is -0.360 e. The van der Waals surface area contributed by atoms with Crippen molar-refractivity contribution in [2.45, 2.75) is 6.92 Å². The van der Waals surface area contributed by atoms with Crippen LogP contribution in [0.1, 0.15) is 6.92 Å². The molecule has 1 aromatic heterocycles. The van der Waals surface area contributed by atoms with E-state index in [1.807, 2.05) is 6.92 Å². The minimum atomic E-state index is -0.0794.